The summed E-state index contributed by atoms with van der Waals surface area (Å²) in [6.07, 6.45) is 2.80. The van der Waals surface area contributed by atoms with E-state index in [1.165, 1.54) is 25.9 Å². The van der Waals surface area contributed by atoms with E-state index in [1.54, 1.807) is 0 Å². The molecule has 0 aromatic rings. The van der Waals surface area contributed by atoms with Gasteiger partial charge in [-0.05, 0) is 18.3 Å². The normalized spacial score (nSPS) is 34.1. The second kappa shape index (κ2) is 3.80. The summed E-state index contributed by atoms with van der Waals surface area (Å²) in [7, 11) is 0. The summed E-state index contributed by atoms with van der Waals surface area (Å²) in [5.41, 5.74) is 6.32. The van der Waals surface area contributed by atoms with Crippen LogP contribution in [0.4, 0.5) is 0 Å². The van der Waals surface area contributed by atoms with Gasteiger partial charge in [-0.3, -0.25) is 4.90 Å². The Morgan fingerprint density at radius 3 is 2.64 bits per heavy atom. The smallest absolute Gasteiger partial charge is 0.0743 e. The summed E-state index contributed by atoms with van der Waals surface area (Å²) in [6, 6.07) is 0.463. The fourth-order valence-electron chi connectivity index (χ4n) is 2.73. The maximum absolute atomic E-state index is 5.83. The van der Waals surface area contributed by atoms with Gasteiger partial charge >= 0.3 is 0 Å². The van der Waals surface area contributed by atoms with E-state index in [2.05, 4.69) is 18.7 Å². The molecule has 0 radical (unpaired) electrons. The van der Waals surface area contributed by atoms with Crippen molar-refractivity contribution in [2.45, 2.75) is 38.8 Å². The number of nitrogens with two attached hydrogens (primary N) is 1. The topological polar surface area (TPSA) is 38.5 Å². The van der Waals surface area contributed by atoms with Crippen LogP contribution in [0, 0.1) is 5.41 Å². The number of nitrogens with zero attached hydrogens (tertiary/aromatic N) is 1. The number of ether oxygens (including phenoxy) is 1. The maximum atomic E-state index is 5.83. The Hall–Kier alpha value is -0.120. The van der Waals surface area contributed by atoms with Crippen LogP contribution in [0.15, 0.2) is 0 Å². The average Bonchev–Trinajstić information content (AvgIpc) is 2.55. The van der Waals surface area contributed by atoms with Gasteiger partial charge in [0.1, 0.15) is 0 Å². The van der Waals surface area contributed by atoms with Gasteiger partial charge in [-0.2, -0.15) is 0 Å². The van der Waals surface area contributed by atoms with Crippen LogP contribution in [0.1, 0.15) is 26.7 Å². The molecule has 2 heterocycles. The molecule has 0 aromatic heterocycles. The van der Waals surface area contributed by atoms with Crippen molar-refractivity contribution in [3.63, 3.8) is 0 Å². The summed E-state index contributed by atoms with van der Waals surface area (Å²) in [5.74, 6) is 0. The lowest BCUT2D eigenvalue weighted by Crippen LogP contribution is -2.62. The monoisotopic (exact) mass is 198 g/mol. The average molecular weight is 198 g/mol. The molecule has 0 amide bonds. The third kappa shape index (κ3) is 1.95. The molecule has 2 N–H and O–H groups in total. The fraction of sp³-hybridized carbons (Fsp3) is 1.00. The second-order valence-electron chi connectivity index (χ2n) is 5.42. The van der Waals surface area contributed by atoms with E-state index in [4.69, 9.17) is 10.5 Å². The zero-order chi connectivity index (χ0) is 10.2. The molecule has 14 heavy (non-hydrogen) atoms. The minimum Gasteiger partial charge on any atom is -0.377 e. The van der Waals surface area contributed by atoms with Crippen LogP contribution < -0.4 is 5.73 Å². The first-order chi connectivity index (χ1) is 6.62. The van der Waals surface area contributed by atoms with Gasteiger partial charge in [0, 0.05) is 32.3 Å². The lowest BCUT2D eigenvalue weighted by molar-refractivity contribution is -0.0558. The van der Waals surface area contributed by atoms with E-state index in [1.807, 2.05) is 0 Å². The van der Waals surface area contributed by atoms with Gasteiger partial charge in [0.2, 0.25) is 0 Å². The highest BCUT2D eigenvalue weighted by molar-refractivity contribution is 4.95. The van der Waals surface area contributed by atoms with Gasteiger partial charge < -0.3 is 10.5 Å². The molecule has 3 heteroatoms. The molecule has 0 saturated carbocycles. The summed E-state index contributed by atoms with van der Waals surface area (Å²) in [4.78, 5) is 2.48. The van der Waals surface area contributed by atoms with Crippen LogP contribution in [-0.4, -0.2) is 43.3 Å². The van der Waals surface area contributed by atoms with Crippen molar-refractivity contribution in [3.05, 3.63) is 0 Å². The number of hydrogen-bond donors (Lipinski definition) is 1. The molecule has 0 aromatic carbocycles. The van der Waals surface area contributed by atoms with Crippen molar-refractivity contribution < 1.29 is 4.74 Å². The Morgan fingerprint density at radius 1 is 1.50 bits per heavy atom. The predicted octanol–water partition coefficient (Wildman–Crippen LogP) is 0.834. The Labute approximate surface area is 86.6 Å². The molecular formula is C11H22N2O. The lowest BCUT2D eigenvalue weighted by Gasteiger charge is -2.50. The van der Waals surface area contributed by atoms with Crippen molar-refractivity contribution >= 4 is 0 Å². The van der Waals surface area contributed by atoms with Crippen molar-refractivity contribution in [1.82, 2.24) is 4.90 Å². The van der Waals surface area contributed by atoms with Crippen molar-refractivity contribution in [2.24, 2.45) is 11.1 Å². The first-order valence-corrected chi connectivity index (χ1v) is 5.68. The molecule has 0 bridgehead atoms. The number of rotatable bonds is 3. The maximum Gasteiger partial charge on any atom is 0.0743 e. The highest BCUT2D eigenvalue weighted by Crippen LogP contribution is 2.33. The molecule has 3 nitrogen and oxygen atoms in total. The van der Waals surface area contributed by atoms with Crippen LogP contribution in [0.2, 0.25) is 0 Å². The number of likely N-dealkylation sites (tertiary alicyclic amines) is 1. The summed E-state index contributed by atoms with van der Waals surface area (Å²) < 4.78 is 5.71. The van der Waals surface area contributed by atoms with Crippen LogP contribution in [0.25, 0.3) is 0 Å². The third-order valence-electron chi connectivity index (χ3n) is 3.37. The molecule has 2 atom stereocenters. The van der Waals surface area contributed by atoms with E-state index in [0.29, 0.717) is 17.6 Å². The summed E-state index contributed by atoms with van der Waals surface area (Å²) >= 11 is 0. The summed E-state index contributed by atoms with van der Waals surface area (Å²) in [5, 5.41) is 0. The van der Waals surface area contributed by atoms with Gasteiger partial charge in [0.25, 0.3) is 0 Å². The fourth-order valence-corrected chi connectivity index (χ4v) is 2.73. The molecule has 2 rings (SSSR count). The van der Waals surface area contributed by atoms with E-state index >= 15 is 0 Å². The summed E-state index contributed by atoms with van der Waals surface area (Å²) in [6.45, 7) is 8.64. The minimum absolute atomic E-state index is 0.399. The zero-order valence-electron chi connectivity index (χ0n) is 9.33. The Morgan fingerprint density at radius 2 is 2.21 bits per heavy atom. The first-order valence-electron chi connectivity index (χ1n) is 5.68. The highest BCUT2D eigenvalue weighted by Gasteiger charge is 2.41. The largest absolute Gasteiger partial charge is 0.377 e. The molecule has 2 aliphatic heterocycles. The third-order valence-corrected chi connectivity index (χ3v) is 3.37. The van der Waals surface area contributed by atoms with Crippen molar-refractivity contribution in [1.29, 1.82) is 0 Å². The van der Waals surface area contributed by atoms with Crippen molar-refractivity contribution in [3.8, 4) is 0 Å². The second-order valence-corrected chi connectivity index (χ2v) is 5.42. The molecule has 2 unspecified atom stereocenters. The molecular weight excluding hydrogens is 176 g/mol. The Kier molecular flexibility index (Phi) is 2.82. The molecule has 82 valence electrons. The Balaban J connectivity index is 1.87. The highest BCUT2D eigenvalue weighted by atomic mass is 16.5. The van der Waals surface area contributed by atoms with Crippen molar-refractivity contribution in [2.75, 3.05) is 26.2 Å². The van der Waals surface area contributed by atoms with E-state index in [-0.39, 0.29) is 0 Å². The molecule has 2 aliphatic rings. The standard InChI is InChI=1S/C11H22N2O/c1-11(2)7-13(8-11)9(6-12)10-4-3-5-14-10/h9-10H,3-8,12H2,1-2H3. The van der Waals surface area contributed by atoms with Gasteiger partial charge in [-0.15, -0.1) is 0 Å². The zero-order valence-corrected chi connectivity index (χ0v) is 9.33. The van der Waals surface area contributed by atoms with E-state index in [9.17, 15) is 0 Å². The van der Waals surface area contributed by atoms with E-state index in [0.717, 1.165) is 13.2 Å². The number of hydrogen-bond acceptors (Lipinski definition) is 3. The van der Waals surface area contributed by atoms with Crippen LogP contribution in [0.5, 0.6) is 0 Å². The molecule has 0 spiro atoms. The predicted molar refractivity (Wildman–Crippen MR) is 57.2 cm³/mol. The lowest BCUT2D eigenvalue weighted by atomic mass is 9.82. The molecule has 2 fully saturated rings. The van der Waals surface area contributed by atoms with Gasteiger partial charge in [-0.1, -0.05) is 13.8 Å². The molecule has 2 saturated heterocycles. The van der Waals surface area contributed by atoms with Crippen LogP contribution in [-0.2, 0) is 4.74 Å². The first kappa shape index (κ1) is 10.4. The quantitative estimate of drug-likeness (QED) is 0.730. The van der Waals surface area contributed by atoms with Gasteiger partial charge in [-0.25, -0.2) is 0 Å². The van der Waals surface area contributed by atoms with Crippen LogP contribution >= 0.6 is 0 Å². The SMILES string of the molecule is CC1(C)CN(C(CN)C2CCCO2)C1. The van der Waals surface area contributed by atoms with E-state index < -0.39 is 0 Å². The molecule has 0 aliphatic carbocycles. The van der Waals surface area contributed by atoms with Gasteiger partial charge in [0.05, 0.1) is 6.10 Å². The minimum atomic E-state index is 0.399. The van der Waals surface area contributed by atoms with Crippen LogP contribution in [0.3, 0.4) is 0 Å². The Bertz CT molecular complexity index is 191. The van der Waals surface area contributed by atoms with Gasteiger partial charge in [0.15, 0.2) is 0 Å².